The minimum Gasteiger partial charge on any atom is -0.496 e. The lowest BCUT2D eigenvalue weighted by Crippen LogP contribution is -2.09. The predicted molar refractivity (Wildman–Crippen MR) is 102 cm³/mol. The molecule has 0 radical (unpaired) electrons. The van der Waals surface area contributed by atoms with Crippen LogP contribution in [-0.2, 0) is 6.42 Å². The van der Waals surface area contributed by atoms with E-state index in [0.29, 0.717) is 5.95 Å². The normalized spacial score (nSPS) is 10.3. The van der Waals surface area contributed by atoms with Gasteiger partial charge in [0.2, 0.25) is 5.95 Å². The van der Waals surface area contributed by atoms with Crippen LogP contribution < -0.4 is 15.4 Å². The first kappa shape index (κ1) is 16.8. The molecule has 0 unspecified atom stereocenters. The van der Waals surface area contributed by atoms with Gasteiger partial charge in [-0.3, -0.25) is 0 Å². The van der Waals surface area contributed by atoms with Crippen molar-refractivity contribution in [1.82, 2.24) is 9.97 Å². The van der Waals surface area contributed by atoms with Crippen molar-refractivity contribution in [2.45, 2.75) is 13.3 Å². The largest absolute Gasteiger partial charge is 0.496 e. The predicted octanol–water partition coefficient (Wildman–Crippen LogP) is 4.19. The number of hydrogen-bond donors (Lipinski definition) is 2. The van der Waals surface area contributed by atoms with Gasteiger partial charge in [0.15, 0.2) is 0 Å². The van der Waals surface area contributed by atoms with Crippen LogP contribution in [0.25, 0.3) is 0 Å². The molecule has 0 atom stereocenters. The SMILES string of the molecule is COc1ccccc1CCNc1nccc(Nc2cccc(C)c2)n1. The highest BCUT2D eigenvalue weighted by Crippen LogP contribution is 2.18. The van der Waals surface area contributed by atoms with Crippen LogP contribution in [0, 0.1) is 6.92 Å². The van der Waals surface area contributed by atoms with Crippen molar-refractivity contribution in [2.75, 3.05) is 24.3 Å². The molecular weight excluding hydrogens is 312 g/mol. The number of ether oxygens (including phenoxy) is 1. The summed E-state index contributed by atoms with van der Waals surface area (Å²) in [4.78, 5) is 8.79. The number of anilines is 3. The molecule has 25 heavy (non-hydrogen) atoms. The van der Waals surface area contributed by atoms with Gasteiger partial charge in [-0.15, -0.1) is 0 Å². The fourth-order valence-corrected chi connectivity index (χ4v) is 2.60. The lowest BCUT2D eigenvalue weighted by Gasteiger charge is -2.10. The molecule has 0 fully saturated rings. The monoisotopic (exact) mass is 334 g/mol. The fraction of sp³-hybridized carbons (Fsp3) is 0.200. The standard InChI is InChI=1S/C20H22N4O/c1-15-6-5-8-17(14-15)23-19-11-13-22-20(24-19)21-12-10-16-7-3-4-9-18(16)25-2/h3-9,11,13-14H,10,12H2,1-2H3,(H2,21,22,23,24). The summed E-state index contributed by atoms with van der Waals surface area (Å²) in [7, 11) is 1.69. The van der Waals surface area contributed by atoms with Gasteiger partial charge in [-0.1, -0.05) is 30.3 Å². The van der Waals surface area contributed by atoms with Crippen molar-refractivity contribution in [2.24, 2.45) is 0 Å². The highest BCUT2D eigenvalue weighted by atomic mass is 16.5. The molecule has 5 heteroatoms. The molecule has 1 aromatic heterocycles. The molecule has 3 aromatic rings. The molecule has 0 aliphatic heterocycles. The van der Waals surface area contributed by atoms with E-state index in [2.05, 4.69) is 45.7 Å². The number of aromatic nitrogens is 2. The quantitative estimate of drug-likeness (QED) is 0.678. The van der Waals surface area contributed by atoms with Crippen LogP contribution in [0.1, 0.15) is 11.1 Å². The van der Waals surface area contributed by atoms with E-state index in [4.69, 9.17) is 4.74 Å². The van der Waals surface area contributed by atoms with Gasteiger partial charge in [0.25, 0.3) is 0 Å². The molecule has 5 nitrogen and oxygen atoms in total. The summed E-state index contributed by atoms with van der Waals surface area (Å²) in [5.41, 5.74) is 3.37. The Morgan fingerprint density at radius 2 is 1.92 bits per heavy atom. The van der Waals surface area contributed by atoms with Crippen LogP contribution in [0.2, 0.25) is 0 Å². The second-order valence-corrected chi connectivity index (χ2v) is 5.75. The lowest BCUT2D eigenvalue weighted by atomic mass is 10.1. The molecule has 0 saturated carbocycles. The fourth-order valence-electron chi connectivity index (χ4n) is 2.60. The highest BCUT2D eigenvalue weighted by molar-refractivity contribution is 5.57. The first-order chi connectivity index (χ1) is 12.2. The highest BCUT2D eigenvalue weighted by Gasteiger charge is 2.03. The Morgan fingerprint density at radius 3 is 2.76 bits per heavy atom. The summed E-state index contributed by atoms with van der Waals surface area (Å²) >= 11 is 0. The third-order valence-corrected chi connectivity index (χ3v) is 3.82. The van der Waals surface area contributed by atoms with E-state index in [0.717, 1.165) is 35.8 Å². The zero-order chi connectivity index (χ0) is 17.5. The molecule has 2 aromatic carbocycles. The summed E-state index contributed by atoms with van der Waals surface area (Å²) < 4.78 is 5.37. The Balaban J connectivity index is 1.60. The Labute approximate surface area is 148 Å². The molecule has 3 rings (SSSR count). The average Bonchev–Trinajstić information content (AvgIpc) is 2.62. The van der Waals surface area contributed by atoms with E-state index in [1.165, 1.54) is 5.56 Å². The van der Waals surface area contributed by atoms with E-state index in [1.807, 2.05) is 36.4 Å². The van der Waals surface area contributed by atoms with Crippen LogP contribution in [-0.4, -0.2) is 23.6 Å². The van der Waals surface area contributed by atoms with Crippen molar-refractivity contribution in [3.05, 3.63) is 71.9 Å². The number of benzene rings is 2. The Hall–Kier alpha value is -3.08. The third kappa shape index (κ3) is 4.70. The van der Waals surface area contributed by atoms with Gasteiger partial charge in [-0.2, -0.15) is 4.98 Å². The summed E-state index contributed by atoms with van der Waals surface area (Å²) in [5, 5.41) is 6.56. The number of hydrogen-bond acceptors (Lipinski definition) is 5. The molecule has 1 heterocycles. The number of methoxy groups -OCH3 is 1. The summed E-state index contributed by atoms with van der Waals surface area (Å²) in [6.07, 6.45) is 2.58. The van der Waals surface area contributed by atoms with Crippen molar-refractivity contribution in [3.63, 3.8) is 0 Å². The molecule has 0 amide bonds. The molecule has 0 aliphatic rings. The maximum Gasteiger partial charge on any atom is 0.224 e. The molecule has 0 bridgehead atoms. The Kier molecular flexibility index (Phi) is 5.46. The zero-order valence-corrected chi connectivity index (χ0v) is 14.5. The number of rotatable bonds is 7. The lowest BCUT2D eigenvalue weighted by molar-refractivity contribution is 0.410. The summed E-state index contributed by atoms with van der Waals surface area (Å²) in [6.45, 7) is 2.80. The van der Waals surface area contributed by atoms with Gasteiger partial charge in [0, 0.05) is 18.4 Å². The summed E-state index contributed by atoms with van der Waals surface area (Å²) in [6, 6.07) is 18.1. The number of para-hydroxylation sites is 1. The molecule has 0 aliphatic carbocycles. The maximum absolute atomic E-state index is 5.37. The third-order valence-electron chi connectivity index (χ3n) is 3.82. The minimum absolute atomic E-state index is 0.604. The number of aryl methyl sites for hydroxylation is 1. The van der Waals surface area contributed by atoms with Gasteiger partial charge in [0.1, 0.15) is 11.6 Å². The van der Waals surface area contributed by atoms with Gasteiger partial charge in [-0.05, 0) is 48.7 Å². The molecule has 0 saturated heterocycles. The van der Waals surface area contributed by atoms with Crippen molar-refractivity contribution < 1.29 is 4.74 Å². The first-order valence-electron chi connectivity index (χ1n) is 8.27. The molecule has 128 valence electrons. The van der Waals surface area contributed by atoms with Gasteiger partial charge >= 0.3 is 0 Å². The van der Waals surface area contributed by atoms with Crippen LogP contribution in [0.15, 0.2) is 60.8 Å². The van der Waals surface area contributed by atoms with Crippen LogP contribution in [0.4, 0.5) is 17.5 Å². The molecule has 0 spiro atoms. The topological polar surface area (TPSA) is 59.1 Å². The van der Waals surface area contributed by atoms with E-state index < -0.39 is 0 Å². The Morgan fingerprint density at radius 1 is 1.04 bits per heavy atom. The second-order valence-electron chi connectivity index (χ2n) is 5.75. The van der Waals surface area contributed by atoms with E-state index >= 15 is 0 Å². The first-order valence-corrected chi connectivity index (χ1v) is 8.27. The summed E-state index contributed by atoms with van der Waals surface area (Å²) in [5.74, 6) is 2.27. The average molecular weight is 334 g/mol. The van der Waals surface area contributed by atoms with E-state index in [1.54, 1.807) is 13.3 Å². The smallest absolute Gasteiger partial charge is 0.224 e. The molecular formula is C20H22N4O. The minimum atomic E-state index is 0.604. The number of nitrogens with zero attached hydrogens (tertiary/aromatic N) is 2. The maximum atomic E-state index is 5.37. The van der Waals surface area contributed by atoms with Gasteiger partial charge in [-0.25, -0.2) is 4.98 Å². The van der Waals surface area contributed by atoms with Crippen LogP contribution in [0.3, 0.4) is 0 Å². The van der Waals surface area contributed by atoms with E-state index in [-0.39, 0.29) is 0 Å². The molecule has 2 N–H and O–H groups in total. The van der Waals surface area contributed by atoms with Crippen molar-refractivity contribution in [1.29, 1.82) is 0 Å². The van der Waals surface area contributed by atoms with Gasteiger partial charge < -0.3 is 15.4 Å². The van der Waals surface area contributed by atoms with E-state index in [9.17, 15) is 0 Å². The van der Waals surface area contributed by atoms with Crippen LogP contribution >= 0.6 is 0 Å². The zero-order valence-electron chi connectivity index (χ0n) is 14.5. The van der Waals surface area contributed by atoms with Crippen LogP contribution in [0.5, 0.6) is 5.75 Å². The van der Waals surface area contributed by atoms with Crippen molar-refractivity contribution >= 4 is 17.5 Å². The van der Waals surface area contributed by atoms with Crippen molar-refractivity contribution in [3.8, 4) is 5.75 Å². The Bertz CT molecular complexity index is 835. The van der Waals surface area contributed by atoms with Gasteiger partial charge in [0.05, 0.1) is 7.11 Å². The second kappa shape index (κ2) is 8.15. The number of nitrogens with one attached hydrogen (secondary N) is 2.